The molecule has 2 amide bonds. The van der Waals surface area contributed by atoms with Gasteiger partial charge >= 0.3 is 0 Å². The van der Waals surface area contributed by atoms with Gasteiger partial charge in [0.1, 0.15) is 19.3 Å². The third-order valence-electron chi connectivity index (χ3n) is 6.65. The molecule has 2 aromatic carbocycles. The molecule has 0 aromatic heterocycles. The lowest BCUT2D eigenvalue weighted by atomic mass is 10.1. The van der Waals surface area contributed by atoms with E-state index in [0.29, 0.717) is 56.3 Å². The summed E-state index contributed by atoms with van der Waals surface area (Å²) in [5, 5.41) is 2.96. The summed E-state index contributed by atoms with van der Waals surface area (Å²) in [6.45, 7) is 7.77. The van der Waals surface area contributed by atoms with Gasteiger partial charge in [-0.1, -0.05) is 50.1 Å². The molecule has 3 rings (SSSR count). The summed E-state index contributed by atoms with van der Waals surface area (Å²) in [4.78, 5) is 28.2. The average Bonchev–Trinajstić information content (AvgIpc) is 2.91. The molecule has 1 heterocycles. The van der Waals surface area contributed by atoms with Gasteiger partial charge in [-0.15, -0.1) is 0 Å². The number of aryl methyl sites for hydroxylation is 1. The Kier molecular flexibility index (Phi) is 11.0. The topological polar surface area (TPSA) is 105 Å². The minimum atomic E-state index is -3.61. The second kappa shape index (κ2) is 14.2. The maximum atomic E-state index is 13.5. The molecule has 2 aromatic rings. The van der Waals surface area contributed by atoms with Gasteiger partial charge in [0.05, 0.1) is 11.9 Å². The van der Waals surface area contributed by atoms with Crippen molar-refractivity contribution in [3.63, 3.8) is 0 Å². The molecule has 9 nitrogen and oxygen atoms in total. The van der Waals surface area contributed by atoms with E-state index >= 15 is 0 Å². The minimum Gasteiger partial charge on any atom is -0.486 e. The Morgan fingerprint density at radius 3 is 2.33 bits per heavy atom. The molecule has 1 unspecified atom stereocenters. The van der Waals surface area contributed by atoms with Gasteiger partial charge in [-0.25, -0.2) is 8.42 Å². The molecular formula is C29H41N3O6S. The molecule has 0 aliphatic carbocycles. The lowest BCUT2D eigenvalue weighted by Crippen LogP contribution is -2.49. The highest BCUT2D eigenvalue weighted by Crippen LogP contribution is 2.34. The van der Waals surface area contributed by atoms with Crippen molar-refractivity contribution in [3.8, 4) is 11.5 Å². The number of carbonyl (C=O) groups is 2. The SMILES string of the molecule is CCCCNC(=O)C(CC)N(Cc1ccc(C)cc1)C(=O)CCCN(c1ccc2c(c1)OCCO2)S(C)(=O)=O. The molecular weight excluding hydrogens is 518 g/mol. The molecule has 0 radical (unpaired) electrons. The Morgan fingerprint density at radius 2 is 1.69 bits per heavy atom. The van der Waals surface area contributed by atoms with Gasteiger partial charge in [-0.05, 0) is 43.9 Å². The highest BCUT2D eigenvalue weighted by Gasteiger charge is 2.29. The van der Waals surface area contributed by atoms with Crippen molar-refractivity contribution in [2.75, 3.05) is 36.9 Å². The molecule has 0 bridgehead atoms. The first-order valence-corrected chi connectivity index (χ1v) is 15.5. The van der Waals surface area contributed by atoms with E-state index in [4.69, 9.17) is 9.47 Å². The van der Waals surface area contributed by atoms with E-state index in [1.54, 1.807) is 23.1 Å². The third-order valence-corrected chi connectivity index (χ3v) is 7.85. The Bertz CT molecular complexity index is 1220. The number of ether oxygens (including phenoxy) is 2. The fraction of sp³-hybridized carbons (Fsp3) is 0.517. The number of anilines is 1. The molecule has 10 heteroatoms. The number of benzene rings is 2. The Hall–Kier alpha value is -3.27. The van der Waals surface area contributed by atoms with Gasteiger partial charge in [0, 0.05) is 32.1 Å². The van der Waals surface area contributed by atoms with Crippen molar-refractivity contribution in [2.45, 2.75) is 65.5 Å². The van der Waals surface area contributed by atoms with E-state index in [9.17, 15) is 18.0 Å². The highest BCUT2D eigenvalue weighted by atomic mass is 32.2. The first-order valence-electron chi connectivity index (χ1n) is 13.6. The van der Waals surface area contributed by atoms with Crippen LogP contribution in [0.15, 0.2) is 42.5 Å². The molecule has 214 valence electrons. The van der Waals surface area contributed by atoms with Crippen molar-refractivity contribution < 1.29 is 27.5 Å². The first kappa shape index (κ1) is 30.3. The smallest absolute Gasteiger partial charge is 0.242 e. The highest BCUT2D eigenvalue weighted by molar-refractivity contribution is 7.92. The van der Waals surface area contributed by atoms with Crippen LogP contribution in [-0.4, -0.2) is 63.7 Å². The number of fused-ring (bicyclic) bond motifs is 1. The van der Waals surface area contributed by atoms with Crippen molar-refractivity contribution in [1.29, 1.82) is 0 Å². The summed E-state index contributed by atoms with van der Waals surface area (Å²) in [5.74, 6) is 0.708. The largest absolute Gasteiger partial charge is 0.486 e. The number of amides is 2. The van der Waals surface area contributed by atoms with E-state index in [2.05, 4.69) is 12.2 Å². The van der Waals surface area contributed by atoms with Crippen LogP contribution in [0.4, 0.5) is 5.69 Å². The normalized spacial score (nSPS) is 13.4. The molecule has 39 heavy (non-hydrogen) atoms. The van der Waals surface area contributed by atoms with Crippen LogP contribution in [0.25, 0.3) is 0 Å². The van der Waals surface area contributed by atoms with Crippen LogP contribution in [0.2, 0.25) is 0 Å². The summed E-state index contributed by atoms with van der Waals surface area (Å²) in [6.07, 6.45) is 3.84. The number of nitrogens with one attached hydrogen (secondary N) is 1. The Balaban J connectivity index is 1.74. The summed E-state index contributed by atoms with van der Waals surface area (Å²) >= 11 is 0. The van der Waals surface area contributed by atoms with Gasteiger partial charge in [-0.2, -0.15) is 0 Å². The summed E-state index contributed by atoms with van der Waals surface area (Å²) < 4.78 is 37.7. The average molecular weight is 560 g/mol. The molecule has 0 fully saturated rings. The number of hydrogen-bond donors (Lipinski definition) is 1. The van der Waals surface area contributed by atoms with Crippen molar-refractivity contribution in [2.24, 2.45) is 0 Å². The van der Waals surface area contributed by atoms with Crippen LogP contribution in [0, 0.1) is 6.92 Å². The van der Waals surface area contributed by atoms with Gasteiger partial charge in [-0.3, -0.25) is 13.9 Å². The number of sulfonamides is 1. The number of rotatable bonds is 14. The van der Waals surface area contributed by atoms with Crippen molar-refractivity contribution >= 4 is 27.5 Å². The van der Waals surface area contributed by atoms with Crippen molar-refractivity contribution in [3.05, 3.63) is 53.6 Å². The van der Waals surface area contributed by atoms with Crippen molar-refractivity contribution in [1.82, 2.24) is 10.2 Å². The van der Waals surface area contributed by atoms with E-state index in [1.807, 2.05) is 38.1 Å². The van der Waals surface area contributed by atoms with Crippen LogP contribution >= 0.6 is 0 Å². The summed E-state index contributed by atoms with van der Waals surface area (Å²) in [7, 11) is -3.61. The predicted molar refractivity (Wildman–Crippen MR) is 153 cm³/mol. The van der Waals surface area contributed by atoms with Crippen LogP contribution in [0.3, 0.4) is 0 Å². The number of hydrogen-bond acceptors (Lipinski definition) is 6. The zero-order valence-corrected chi connectivity index (χ0v) is 24.3. The monoisotopic (exact) mass is 559 g/mol. The molecule has 1 N–H and O–H groups in total. The molecule has 0 saturated carbocycles. The number of carbonyl (C=O) groups excluding carboxylic acids is 2. The Labute approximate surface area is 232 Å². The van der Waals surface area contributed by atoms with Gasteiger partial charge in [0.15, 0.2) is 11.5 Å². The Morgan fingerprint density at radius 1 is 1.00 bits per heavy atom. The second-order valence-corrected chi connectivity index (χ2v) is 11.7. The minimum absolute atomic E-state index is 0.0984. The second-order valence-electron chi connectivity index (χ2n) is 9.84. The van der Waals surface area contributed by atoms with E-state index in [-0.39, 0.29) is 24.8 Å². The fourth-order valence-corrected chi connectivity index (χ4v) is 5.46. The van der Waals surface area contributed by atoms with E-state index in [0.717, 1.165) is 30.2 Å². The van der Waals surface area contributed by atoms with Crippen LogP contribution in [0.5, 0.6) is 11.5 Å². The summed E-state index contributed by atoms with van der Waals surface area (Å²) in [5.41, 5.74) is 2.50. The lowest BCUT2D eigenvalue weighted by molar-refractivity contribution is -0.141. The third kappa shape index (κ3) is 8.61. The first-order chi connectivity index (χ1) is 18.6. The maximum Gasteiger partial charge on any atom is 0.242 e. The number of nitrogens with zero attached hydrogens (tertiary/aromatic N) is 2. The molecule has 1 aliphatic heterocycles. The number of unbranched alkanes of at least 4 members (excludes halogenated alkanes) is 1. The molecule has 1 aliphatic rings. The van der Waals surface area contributed by atoms with Gasteiger partial charge in [0.2, 0.25) is 21.8 Å². The zero-order chi connectivity index (χ0) is 28.4. The lowest BCUT2D eigenvalue weighted by Gasteiger charge is -2.31. The van der Waals surface area contributed by atoms with E-state index < -0.39 is 16.1 Å². The molecule has 1 atom stereocenters. The summed E-state index contributed by atoms with van der Waals surface area (Å²) in [6, 6.07) is 12.3. The van der Waals surface area contributed by atoms with E-state index in [1.165, 1.54) is 4.31 Å². The maximum absolute atomic E-state index is 13.5. The fourth-order valence-electron chi connectivity index (χ4n) is 4.51. The predicted octanol–water partition coefficient (Wildman–Crippen LogP) is 4.04. The van der Waals surface area contributed by atoms with Crippen LogP contribution in [0.1, 0.15) is 57.1 Å². The van der Waals surface area contributed by atoms with Gasteiger partial charge in [0.25, 0.3) is 0 Å². The zero-order valence-electron chi connectivity index (χ0n) is 23.4. The standard InChI is InChI=1S/C29H41N3O6S/c1-5-7-16-30-29(34)25(6-2)31(21-23-12-10-22(3)11-13-23)28(33)9-8-17-32(39(4,35)36)24-14-15-26-27(20-24)38-19-18-37-26/h10-15,20,25H,5-9,16-19,21H2,1-4H3,(H,30,34). The van der Waals surface area contributed by atoms with Crippen LogP contribution in [-0.2, 0) is 26.2 Å². The quantitative estimate of drug-likeness (QED) is 0.351. The van der Waals surface area contributed by atoms with Gasteiger partial charge < -0.3 is 19.7 Å². The molecule has 0 saturated heterocycles. The van der Waals surface area contributed by atoms with Crippen LogP contribution < -0.4 is 19.1 Å². The molecule has 0 spiro atoms.